The lowest BCUT2D eigenvalue weighted by molar-refractivity contribution is 0.298. The number of rotatable bonds is 3. The van der Waals surface area contributed by atoms with Crippen molar-refractivity contribution in [2.45, 2.75) is 50.5 Å². The summed E-state index contributed by atoms with van der Waals surface area (Å²) in [5.41, 5.74) is 8.33. The van der Waals surface area contributed by atoms with E-state index in [1.807, 2.05) is 6.07 Å². The molecule has 0 spiro atoms. The van der Waals surface area contributed by atoms with Gasteiger partial charge < -0.3 is 10.3 Å². The van der Waals surface area contributed by atoms with Crippen LogP contribution in [0.3, 0.4) is 0 Å². The van der Waals surface area contributed by atoms with Crippen LogP contribution in [0.4, 0.5) is 0 Å². The molecular weight excluding hydrogens is 282 g/mol. The molecule has 2 unspecified atom stereocenters. The monoisotopic (exact) mass is 303 g/mol. The maximum atomic E-state index is 6.21. The Bertz CT molecular complexity index is 659. The van der Waals surface area contributed by atoms with Gasteiger partial charge in [-0.25, -0.2) is 4.98 Å². The summed E-state index contributed by atoms with van der Waals surface area (Å²) in [5, 5.41) is 0.801. The van der Waals surface area contributed by atoms with Gasteiger partial charge in [0.25, 0.3) is 0 Å². The van der Waals surface area contributed by atoms with Gasteiger partial charge in [0.15, 0.2) is 0 Å². The van der Waals surface area contributed by atoms with Gasteiger partial charge in [-0.15, -0.1) is 0 Å². The minimum absolute atomic E-state index is 0.524. The molecule has 21 heavy (non-hydrogen) atoms. The number of aromatic nitrogens is 2. The predicted octanol–water partition coefficient (Wildman–Crippen LogP) is 4.26. The minimum Gasteiger partial charge on any atom is -0.330 e. The lowest BCUT2D eigenvalue weighted by atomic mass is 9.78. The van der Waals surface area contributed by atoms with Crippen molar-refractivity contribution in [1.82, 2.24) is 9.55 Å². The second kappa shape index (κ2) is 5.29. The van der Waals surface area contributed by atoms with Gasteiger partial charge in [-0.2, -0.15) is 0 Å². The average molecular weight is 304 g/mol. The number of hydrogen-bond donors (Lipinski definition) is 1. The Hall–Kier alpha value is -1.06. The molecule has 2 saturated carbocycles. The first-order valence-corrected chi connectivity index (χ1v) is 8.53. The van der Waals surface area contributed by atoms with Crippen molar-refractivity contribution in [1.29, 1.82) is 0 Å². The molecule has 2 aromatic rings. The number of halogens is 1. The molecule has 0 bridgehead atoms. The van der Waals surface area contributed by atoms with Crippen LogP contribution >= 0.6 is 11.6 Å². The molecule has 0 amide bonds. The number of fused-ring (bicyclic) bond motifs is 1. The molecule has 2 aliphatic carbocycles. The molecule has 1 aromatic carbocycles. The lowest BCUT2D eigenvalue weighted by Gasteiger charge is -2.30. The summed E-state index contributed by atoms with van der Waals surface area (Å²) >= 11 is 6.21. The van der Waals surface area contributed by atoms with Gasteiger partial charge in [-0.1, -0.05) is 24.4 Å². The SMILES string of the molecule is NCC1CCCCC1c1nc2ccc(Cl)cc2n1C1CC1. The van der Waals surface area contributed by atoms with E-state index >= 15 is 0 Å². The molecule has 0 aliphatic heterocycles. The van der Waals surface area contributed by atoms with E-state index in [9.17, 15) is 0 Å². The second-order valence-electron chi connectivity index (χ2n) is 6.59. The van der Waals surface area contributed by atoms with Crippen molar-refractivity contribution in [3.63, 3.8) is 0 Å². The van der Waals surface area contributed by atoms with Gasteiger partial charge in [-0.3, -0.25) is 0 Å². The Morgan fingerprint density at radius 3 is 2.76 bits per heavy atom. The lowest BCUT2D eigenvalue weighted by Crippen LogP contribution is -2.27. The maximum Gasteiger partial charge on any atom is 0.113 e. The highest BCUT2D eigenvalue weighted by Gasteiger charge is 2.34. The summed E-state index contributed by atoms with van der Waals surface area (Å²) in [5.74, 6) is 2.38. The van der Waals surface area contributed by atoms with E-state index in [0.717, 1.165) is 17.1 Å². The van der Waals surface area contributed by atoms with E-state index in [1.165, 1.54) is 49.9 Å². The number of hydrogen-bond acceptors (Lipinski definition) is 2. The first kappa shape index (κ1) is 13.6. The summed E-state index contributed by atoms with van der Waals surface area (Å²) < 4.78 is 2.47. The third-order valence-electron chi connectivity index (χ3n) is 5.13. The van der Waals surface area contributed by atoms with Crippen molar-refractivity contribution >= 4 is 22.6 Å². The fourth-order valence-corrected chi connectivity index (χ4v) is 4.06. The third kappa shape index (κ3) is 2.36. The van der Waals surface area contributed by atoms with E-state index in [1.54, 1.807) is 0 Å². The molecule has 0 radical (unpaired) electrons. The maximum absolute atomic E-state index is 6.21. The number of benzene rings is 1. The number of nitrogens with two attached hydrogens (primary N) is 1. The van der Waals surface area contributed by atoms with E-state index in [4.69, 9.17) is 22.3 Å². The quantitative estimate of drug-likeness (QED) is 0.921. The largest absolute Gasteiger partial charge is 0.330 e. The van der Waals surface area contributed by atoms with Gasteiger partial charge in [0.1, 0.15) is 5.82 Å². The van der Waals surface area contributed by atoms with Gasteiger partial charge in [-0.05, 0) is 56.3 Å². The van der Waals surface area contributed by atoms with Crippen LogP contribution in [-0.2, 0) is 0 Å². The zero-order valence-corrected chi connectivity index (χ0v) is 13.0. The highest BCUT2D eigenvalue weighted by Crippen LogP contribution is 2.44. The topological polar surface area (TPSA) is 43.8 Å². The van der Waals surface area contributed by atoms with Crippen LogP contribution in [0.25, 0.3) is 11.0 Å². The summed E-state index contributed by atoms with van der Waals surface area (Å²) in [4.78, 5) is 4.99. The average Bonchev–Trinajstić information content (AvgIpc) is 3.28. The number of imidazole rings is 1. The number of nitrogens with zero attached hydrogens (tertiary/aromatic N) is 2. The Kier molecular flexibility index (Phi) is 3.43. The normalized spacial score (nSPS) is 26.4. The first-order chi connectivity index (χ1) is 10.3. The molecule has 2 fully saturated rings. The van der Waals surface area contributed by atoms with E-state index < -0.39 is 0 Å². The molecule has 1 aromatic heterocycles. The van der Waals surface area contributed by atoms with Gasteiger partial charge in [0, 0.05) is 17.0 Å². The molecule has 4 rings (SSSR count). The van der Waals surface area contributed by atoms with Gasteiger partial charge >= 0.3 is 0 Å². The van der Waals surface area contributed by atoms with Crippen LogP contribution in [0.5, 0.6) is 0 Å². The van der Waals surface area contributed by atoms with Crippen molar-refractivity contribution in [2.24, 2.45) is 11.7 Å². The Labute approximate surface area is 130 Å². The zero-order valence-electron chi connectivity index (χ0n) is 12.3. The smallest absolute Gasteiger partial charge is 0.113 e. The molecule has 2 aliphatic rings. The molecule has 2 N–H and O–H groups in total. The van der Waals surface area contributed by atoms with Gasteiger partial charge in [0.2, 0.25) is 0 Å². The third-order valence-corrected chi connectivity index (χ3v) is 5.37. The Morgan fingerprint density at radius 1 is 1.19 bits per heavy atom. The molecule has 4 heteroatoms. The molecular formula is C17H22ClN3. The first-order valence-electron chi connectivity index (χ1n) is 8.15. The summed E-state index contributed by atoms with van der Waals surface area (Å²) in [6.45, 7) is 0.777. The van der Waals surface area contributed by atoms with Crippen molar-refractivity contribution in [3.05, 3.63) is 29.0 Å². The van der Waals surface area contributed by atoms with Gasteiger partial charge in [0.05, 0.1) is 11.0 Å². The van der Waals surface area contributed by atoms with Crippen LogP contribution in [-0.4, -0.2) is 16.1 Å². The zero-order chi connectivity index (χ0) is 14.4. The van der Waals surface area contributed by atoms with Crippen LogP contribution in [0.2, 0.25) is 5.02 Å². The highest BCUT2D eigenvalue weighted by atomic mass is 35.5. The Balaban J connectivity index is 1.85. The van der Waals surface area contributed by atoms with Crippen molar-refractivity contribution in [3.8, 4) is 0 Å². The van der Waals surface area contributed by atoms with E-state index in [0.29, 0.717) is 17.9 Å². The van der Waals surface area contributed by atoms with Crippen molar-refractivity contribution < 1.29 is 0 Å². The highest BCUT2D eigenvalue weighted by molar-refractivity contribution is 6.31. The molecule has 1 heterocycles. The van der Waals surface area contributed by atoms with E-state index in [-0.39, 0.29) is 0 Å². The molecule has 112 valence electrons. The minimum atomic E-state index is 0.524. The van der Waals surface area contributed by atoms with Crippen LogP contribution in [0.1, 0.15) is 56.3 Å². The van der Waals surface area contributed by atoms with Crippen LogP contribution in [0.15, 0.2) is 18.2 Å². The Morgan fingerprint density at radius 2 is 2.00 bits per heavy atom. The summed E-state index contributed by atoms with van der Waals surface area (Å²) in [6, 6.07) is 6.70. The van der Waals surface area contributed by atoms with E-state index in [2.05, 4.69) is 16.7 Å². The summed E-state index contributed by atoms with van der Waals surface area (Å²) in [6.07, 6.45) is 7.63. The fraction of sp³-hybridized carbons (Fsp3) is 0.588. The fourth-order valence-electron chi connectivity index (χ4n) is 3.89. The van der Waals surface area contributed by atoms with Crippen LogP contribution < -0.4 is 5.73 Å². The molecule has 3 nitrogen and oxygen atoms in total. The predicted molar refractivity (Wildman–Crippen MR) is 86.8 cm³/mol. The standard InChI is InChI=1S/C17H22ClN3/c18-12-5-8-15-16(9-12)21(13-6-7-13)17(20-15)14-4-2-1-3-11(14)10-19/h5,8-9,11,13-14H,1-4,6-7,10,19H2. The second-order valence-corrected chi connectivity index (χ2v) is 7.03. The molecule has 0 saturated heterocycles. The van der Waals surface area contributed by atoms with Crippen LogP contribution in [0, 0.1) is 5.92 Å². The molecule has 2 atom stereocenters. The summed E-state index contributed by atoms with van der Waals surface area (Å²) in [7, 11) is 0. The van der Waals surface area contributed by atoms with Crippen molar-refractivity contribution in [2.75, 3.05) is 6.54 Å².